The SMILES string of the molecule is CC(N)(COC(C(F)(F)F)C(F)(F)F)C(N)=O. The van der Waals surface area contributed by atoms with Crippen LogP contribution in [-0.4, -0.2) is 36.5 Å². The highest BCUT2D eigenvalue weighted by Gasteiger charge is 2.58. The van der Waals surface area contributed by atoms with Gasteiger partial charge in [-0.25, -0.2) is 0 Å². The third-order valence-electron chi connectivity index (χ3n) is 1.71. The van der Waals surface area contributed by atoms with E-state index in [0.717, 1.165) is 6.92 Å². The second kappa shape index (κ2) is 4.69. The van der Waals surface area contributed by atoms with Crippen molar-refractivity contribution in [3.63, 3.8) is 0 Å². The van der Waals surface area contributed by atoms with Gasteiger partial charge in [-0.15, -0.1) is 0 Å². The summed E-state index contributed by atoms with van der Waals surface area (Å²) in [6.07, 6.45) is -15.3. The van der Waals surface area contributed by atoms with Crippen LogP contribution in [0.25, 0.3) is 0 Å². The molecule has 0 saturated carbocycles. The molecule has 102 valence electrons. The number of carbonyl (C=O) groups excluding carboxylic acids is 1. The molecule has 0 aliphatic rings. The number of ether oxygens (including phenoxy) is 1. The molecule has 0 fully saturated rings. The van der Waals surface area contributed by atoms with Crippen LogP contribution in [0.3, 0.4) is 0 Å². The van der Waals surface area contributed by atoms with E-state index in [2.05, 4.69) is 10.5 Å². The zero-order valence-corrected chi connectivity index (χ0v) is 8.52. The topological polar surface area (TPSA) is 78.3 Å². The molecule has 1 amide bonds. The van der Waals surface area contributed by atoms with Crippen LogP contribution in [0.2, 0.25) is 0 Å². The van der Waals surface area contributed by atoms with Crippen LogP contribution >= 0.6 is 0 Å². The van der Waals surface area contributed by atoms with Gasteiger partial charge in [0.15, 0.2) is 0 Å². The third kappa shape index (κ3) is 4.77. The van der Waals surface area contributed by atoms with Crippen molar-refractivity contribution < 1.29 is 35.9 Å². The normalized spacial score (nSPS) is 17.0. The highest BCUT2D eigenvalue weighted by Crippen LogP contribution is 2.35. The molecular formula is C7H10F6N2O2. The predicted molar refractivity (Wildman–Crippen MR) is 43.6 cm³/mol. The van der Waals surface area contributed by atoms with E-state index in [-0.39, 0.29) is 0 Å². The van der Waals surface area contributed by atoms with Gasteiger partial charge in [-0.3, -0.25) is 4.79 Å². The summed E-state index contributed by atoms with van der Waals surface area (Å²) in [5.41, 5.74) is 7.61. The number of halogens is 6. The predicted octanol–water partition coefficient (Wildman–Crippen LogP) is 0.699. The molecule has 0 aromatic carbocycles. The van der Waals surface area contributed by atoms with Crippen molar-refractivity contribution >= 4 is 5.91 Å². The average Bonchev–Trinajstić information content (AvgIpc) is 1.97. The summed E-state index contributed by atoms with van der Waals surface area (Å²) >= 11 is 0. The Kier molecular flexibility index (Phi) is 4.40. The van der Waals surface area contributed by atoms with Gasteiger partial charge in [-0.05, 0) is 6.92 Å². The molecule has 0 heterocycles. The maximum atomic E-state index is 12.0. The zero-order valence-electron chi connectivity index (χ0n) is 8.52. The summed E-state index contributed by atoms with van der Waals surface area (Å²) in [5, 5.41) is 0. The van der Waals surface area contributed by atoms with Gasteiger partial charge < -0.3 is 16.2 Å². The molecule has 0 aliphatic carbocycles. The first-order valence-corrected chi connectivity index (χ1v) is 4.12. The Labute approximate surface area is 91.9 Å². The third-order valence-corrected chi connectivity index (χ3v) is 1.71. The molecule has 0 aliphatic heterocycles. The molecule has 1 atom stereocenters. The number of hydrogen-bond donors (Lipinski definition) is 2. The monoisotopic (exact) mass is 268 g/mol. The molecule has 0 aromatic heterocycles. The van der Waals surface area contributed by atoms with Gasteiger partial charge in [-0.2, -0.15) is 26.3 Å². The van der Waals surface area contributed by atoms with E-state index in [4.69, 9.17) is 5.73 Å². The van der Waals surface area contributed by atoms with Crippen molar-refractivity contribution in [1.82, 2.24) is 0 Å². The fourth-order valence-corrected chi connectivity index (χ4v) is 0.702. The maximum absolute atomic E-state index is 12.0. The minimum Gasteiger partial charge on any atom is -0.368 e. The number of amides is 1. The number of rotatable bonds is 4. The summed E-state index contributed by atoms with van der Waals surface area (Å²) in [4.78, 5) is 10.6. The Hall–Kier alpha value is -1.03. The first kappa shape index (κ1) is 16.0. The van der Waals surface area contributed by atoms with Crippen molar-refractivity contribution in [1.29, 1.82) is 0 Å². The van der Waals surface area contributed by atoms with Crippen LogP contribution < -0.4 is 11.5 Å². The molecule has 10 heteroatoms. The first-order chi connectivity index (χ1) is 7.28. The quantitative estimate of drug-likeness (QED) is 0.737. The van der Waals surface area contributed by atoms with Gasteiger partial charge in [0, 0.05) is 0 Å². The van der Waals surface area contributed by atoms with Crippen molar-refractivity contribution in [2.75, 3.05) is 6.61 Å². The lowest BCUT2D eigenvalue weighted by atomic mass is 10.1. The molecule has 0 aromatic rings. The van der Waals surface area contributed by atoms with E-state index >= 15 is 0 Å². The Morgan fingerprint density at radius 1 is 1.18 bits per heavy atom. The van der Waals surface area contributed by atoms with Crippen molar-refractivity contribution in [2.24, 2.45) is 11.5 Å². The summed E-state index contributed by atoms with van der Waals surface area (Å²) in [6.45, 7) is -0.439. The zero-order chi connectivity index (χ0) is 14.1. The van der Waals surface area contributed by atoms with E-state index in [9.17, 15) is 31.1 Å². The van der Waals surface area contributed by atoms with E-state index in [1.165, 1.54) is 0 Å². The van der Waals surface area contributed by atoms with Gasteiger partial charge in [0.25, 0.3) is 0 Å². The lowest BCUT2D eigenvalue weighted by molar-refractivity contribution is -0.323. The summed E-state index contributed by atoms with van der Waals surface area (Å²) < 4.78 is 75.6. The molecule has 1 unspecified atom stereocenters. The van der Waals surface area contributed by atoms with Crippen LogP contribution in [0.15, 0.2) is 0 Å². The molecule has 0 saturated heterocycles. The lowest BCUT2D eigenvalue weighted by Gasteiger charge is -2.27. The van der Waals surface area contributed by atoms with Gasteiger partial charge >= 0.3 is 12.4 Å². The summed E-state index contributed by atoms with van der Waals surface area (Å²) in [7, 11) is 0. The van der Waals surface area contributed by atoms with Crippen LogP contribution in [0.4, 0.5) is 26.3 Å². The Morgan fingerprint density at radius 2 is 1.53 bits per heavy atom. The van der Waals surface area contributed by atoms with Gasteiger partial charge in [0.2, 0.25) is 12.0 Å². The average molecular weight is 268 g/mol. The molecular weight excluding hydrogens is 258 g/mol. The minimum absolute atomic E-state index is 0.860. The fourth-order valence-electron chi connectivity index (χ4n) is 0.702. The smallest absolute Gasteiger partial charge is 0.368 e. The maximum Gasteiger partial charge on any atom is 0.423 e. The number of alkyl halides is 6. The summed E-state index contributed by atoms with van der Waals surface area (Å²) in [5.74, 6) is -1.28. The van der Waals surface area contributed by atoms with Crippen molar-refractivity contribution in [3.8, 4) is 0 Å². The van der Waals surface area contributed by atoms with Gasteiger partial charge in [0.05, 0.1) is 6.61 Å². The van der Waals surface area contributed by atoms with Crippen LogP contribution in [-0.2, 0) is 9.53 Å². The summed E-state index contributed by atoms with van der Waals surface area (Å²) in [6, 6.07) is 0. The molecule has 0 radical (unpaired) electrons. The first-order valence-electron chi connectivity index (χ1n) is 4.12. The van der Waals surface area contributed by atoms with E-state index in [0.29, 0.717) is 0 Å². The molecule has 17 heavy (non-hydrogen) atoms. The number of primary amides is 1. The molecule has 0 spiro atoms. The molecule has 4 nitrogen and oxygen atoms in total. The highest BCUT2D eigenvalue weighted by molar-refractivity contribution is 5.83. The van der Waals surface area contributed by atoms with E-state index < -0.39 is 36.5 Å². The van der Waals surface area contributed by atoms with Crippen LogP contribution in [0.5, 0.6) is 0 Å². The van der Waals surface area contributed by atoms with Gasteiger partial charge in [0.1, 0.15) is 5.54 Å². The van der Waals surface area contributed by atoms with E-state index in [1.54, 1.807) is 0 Å². The van der Waals surface area contributed by atoms with E-state index in [1.807, 2.05) is 0 Å². The molecule has 0 bridgehead atoms. The molecule has 0 rings (SSSR count). The Balaban J connectivity index is 4.77. The number of hydrogen-bond acceptors (Lipinski definition) is 3. The fraction of sp³-hybridized carbons (Fsp3) is 0.857. The van der Waals surface area contributed by atoms with Crippen molar-refractivity contribution in [2.45, 2.75) is 30.9 Å². The number of carbonyl (C=O) groups is 1. The molecule has 4 N–H and O–H groups in total. The van der Waals surface area contributed by atoms with Crippen LogP contribution in [0.1, 0.15) is 6.92 Å². The minimum atomic E-state index is -5.65. The van der Waals surface area contributed by atoms with Crippen molar-refractivity contribution in [3.05, 3.63) is 0 Å². The van der Waals surface area contributed by atoms with Crippen LogP contribution in [0, 0.1) is 0 Å². The Bertz CT molecular complexity index is 271. The Morgan fingerprint density at radius 3 is 1.76 bits per heavy atom. The lowest BCUT2D eigenvalue weighted by Crippen LogP contribution is -2.55. The highest BCUT2D eigenvalue weighted by atomic mass is 19.4. The largest absolute Gasteiger partial charge is 0.423 e. The standard InChI is InChI=1S/C7H10F6N2O2/c1-5(15,4(14)16)2-17-3(6(8,9)10)7(11,12)13/h3H,2,15H2,1H3,(H2,14,16). The number of nitrogens with two attached hydrogens (primary N) is 2. The second-order valence-electron chi connectivity index (χ2n) is 3.56. The van der Waals surface area contributed by atoms with Gasteiger partial charge in [-0.1, -0.05) is 0 Å². The second-order valence-corrected chi connectivity index (χ2v) is 3.56.